The molecule has 29 heavy (non-hydrogen) atoms. The Bertz CT molecular complexity index is 1140. The molecule has 0 unspecified atom stereocenters. The number of rotatable bonds is 6. The van der Waals surface area contributed by atoms with Gasteiger partial charge < -0.3 is 5.11 Å². The van der Waals surface area contributed by atoms with Crippen LogP contribution in [0.2, 0.25) is 0 Å². The summed E-state index contributed by atoms with van der Waals surface area (Å²) in [7, 11) is 0. The molecule has 6 nitrogen and oxygen atoms in total. The third kappa shape index (κ3) is 3.98. The van der Waals surface area contributed by atoms with E-state index in [0.29, 0.717) is 22.2 Å². The zero-order chi connectivity index (χ0) is 20.5. The van der Waals surface area contributed by atoms with Crippen LogP contribution in [0.1, 0.15) is 24.1 Å². The van der Waals surface area contributed by atoms with Crippen LogP contribution in [0.4, 0.5) is 0 Å². The Morgan fingerprint density at radius 2 is 2.07 bits per heavy atom. The van der Waals surface area contributed by atoms with Crippen LogP contribution in [0, 0.1) is 6.92 Å². The van der Waals surface area contributed by atoms with E-state index in [1.807, 2.05) is 53.2 Å². The zero-order valence-electron chi connectivity index (χ0n) is 15.5. The normalized spacial score (nSPS) is 15.8. The predicted octanol–water partition coefficient (Wildman–Crippen LogP) is 4.44. The van der Waals surface area contributed by atoms with Crippen molar-refractivity contribution in [3.05, 3.63) is 52.0 Å². The number of aliphatic carboxylic acids is 1. The van der Waals surface area contributed by atoms with Crippen LogP contribution in [-0.4, -0.2) is 42.1 Å². The number of benzene rings is 1. The van der Waals surface area contributed by atoms with Gasteiger partial charge in [-0.2, -0.15) is 0 Å². The molecule has 1 aliphatic heterocycles. The summed E-state index contributed by atoms with van der Waals surface area (Å²) >= 11 is 8.12. The fourth-order valence-corrected chi connectivity index (χ4v) is 5.08. The maximum absolute atomic E-state index is 12.9. The summed E-state index contributed by atoms with van der Waals surface area (Å²) in [6, 6.07) is 8.12. The van der Waals surface area contributed by atoms with Gasteiger partial charge in [-0.15, -0.1) is 11.3 Å². The van der Waals surface area contributed by atoms with Crippen molar-refractivity contribution in [2.75, 3.05) is 6.54 Å². The van der Waals surface area contributed by atoms with E-state index in [1.54, 1.807) is 0 Å². The van der Waals surface area contributed by atoms with E-state index in [2.05, 4.69) is 0 Å². The first-order valence-electron chi connectivity index (χ1n) is 8.94. The minimum absolute atomic E-state index is 0.00578. The van der Waals surface area contributed by atoms with Crippen LogP contribution >= 0.6 is 35.3 Å². The number of carbonyl (C=O) groups excluding carboxylic acids is 1. The van der Waals surface area contributed by atoms with Crippen LogP contribution in [0.3, 0.4) is 0 Å². The molecular weight excluding hydrogens is 426 g/mol. The van der Waals surface area contributed by atoms with Crippen molar-refractivity contribution < 1.29 is 14.7 Å². The van der Waals surface area contributed by atoms with Crippen LogP contribution in [0.5, 0.6) is 0 Å². The number of hydrogen-bond donors (Lipinski definition) is 1. The molecule has 1 aliphatic rings. The minimum atomic E-state index is -0.882. The number of fused-ring (bicyclic) bond motifs is 1. The standard InChI is InChI=1S/C20H17N3O3S3/c1-12-4-6-13(7-5-12)17-14(22-9-10-28-19(22)21-17)11-15-18(26)23(20(27)29-15)8-2-3-16(24)25/h4-7,9-11H,2-3,8H2,1H3,(H,24,25)/b15-11+. The average Bonchev–Trinajstić information content (AvgIpc) is 3.33. The average molecular weight is 444 g/mol. The molecule has 0 atom stereocenters. The molecule has 2 aromatic heterocycles. The van der Waals surface area contributed by atoms with E-state index in [0.717, 1.165) is 21.9 Å². The first-order valence-corrected chi connectivity index (χ1v) is 11.0. The van der Waals surface area contributed by atoms with E-state index >= 15 is 0 Å². The number of carbonyl (C=O) groups is 2. The van der Waals surface area contributed by atoms with Gasteiger partial charge in [0.1, 0.15) is 4.32 Å². The lowest BCUT2D eigenvalue weighted by atomic mass is 10.1. The van der Waals surface area contributed by atoms with E-state index < -0.39 is 5.97 Å². The van der Waals surface area contributed by atoms with Crippen molar-refractivity contribution in [2.45, 2.75) is 19.8 Å². The fraction of sp³-hybridized carbons (Fsp3) is 0.200. The lowest BCUT2D eigenvalue weighted by Crippen LogP contribution is -2.29. The van der Waals surface area contributed by atoms with Crippen LogP contribution in [0.15, 0.2) is 40.7 Å². The molecule has 1 N–H and O–H groups in total. The summed E-state index contributed by atoms with van der Waals surface area (Å²) in [5.74, 6) is -1.07. The summed E-state index contributed by atoms with van der Waals surface area (Å²) in [6.07, 6.45) is 4.14. The Labute approximate surface area is 180 Å². The topological polar surface area (TPSA) is 74.9 Å². The van der Waals surface area contributed by atoms with Gasteiger partial charge in [-0.1, -0.05) is 53.8 Å². The molecule has 0 aliphatic carbocycles. The zero-order valence-corrected chi connectivity index (χ0v) is 17.9. The molecule has 3 heterocycles. The number of carboxylic acids is 1. The van der Waals surface area contributed by atoms with Crippen LogP contribution in [0.25, 0.3) is 22.3 Å². The lowest BCUT2D eigenvalue weighted by Gasteiger charge is -2.13. The van der Waals surface area contributed by atoms with Gasteiger partial charge in [0.05, 0.1) is 16.3 Å². The van der Waals surface area contributed by atoms with Crippen molar-refractivity contribution in [1.29, 1.82) is 0 Å². The maximum atomic E-state index is 12.9. The van der Waals surface area contributed by atoms with Crippen molar-refractivity contribution in [3.63, 3.8) is 0 Å². The highest BCUT2D eigenvalue weighted by atomic mass is 32.2. The summed E-state index contributed by atoms with van der Waals surface area (Å²) in [4.78, 5) is 31.2. The molecule has 9 heteroatoms. The molecule has 3 aromatic rings. The Morgan fingerprint density at radius 3 is 2.79 bits per heavy atom. The highest BCUT2D eigenvalue weighted by Gasteiger charge is 2.32. The number of thiocarbonyl (C=S) groups is 1. The molecule has 1 amide bonds. The molecule has 0 bridgehead atoms. The molecule has 0 radical (unpaired) electrons. The molecule has 148 valence electrons. The number of amides is 1. The second-order valence-corrected chi connectivity index (χ2v) is 9.15. The largest absolute Gasteiger partial charge is 0.481 e. The highest BCUT2D eigenvalue weighted by Crippen LogP contribution is 2.35. The number of imidazole rings is 1. The SMILES string of the molecule is Cc1ccc(-c2nc3sccn3c2/C=C2/SC(=S)N(CCCC(=O)O)C2=O)cc1. The number of thioether (sulfide) groups is 1. The molecule has 0 saturated carbocycles. The Hall–Kier alpha value is -2.49. The van der Waals surface area contributed by atoms with Gasteiger partial charge in [-0.25, -0.2) is 4.98 Å². The minimum Gasteiger partial charge on any atom is -0.481 e. The third-order valence-corrected chi connectivity index (χ3v) is 6.67. The number of hydrogen-bond acceptors (Lipinski definition) is 6. The fourth-order valence-electron chi connectivity index (χ4n) is 3.07. The van der Waals surface area contributed by atoms with E-state index in [9.17, 15) is 9.59 Å². The van der Waals surface area contributed by atoms with Gasteiger partial charge >= 0.3 is 5.97 Å². The van der Waals surface area contributed by atoms with E-state index in [4.69, 9.17) is 22.3 Å². The third-order valence-electron chi connectivity index (χ3n) is 4.54. The maximum Gasteiger partial charge on any atom is 0.303 e. The predicted molar refractivity (Wildman–Crippen MR) is 120 cm³/mol. The second-order valence-electron chi connectivity index (χ2n) is 6.60. The Balaban J connectivity index is 1.69. The number of carboxylic acid groups (broad SMARTS) is 1. The first-order chi connectivity index (χ1) is 13.9. The molecular formula is C20H17N3O3S3. The molecule has 4 rings (SSSR count). The molecule has 1 aromatic carbocycles. The second kappa shape index (κ2) is 8.10. The van der Waals surface area contributed by atoms with Gasteiger partial charge in [0.2, 0.25) is 0 Å². The highest BCUT2D eigenvalue weighted by molar-refractivity contribution is 8.26. The summed E-state index contributed by atoms with van der Waals surface area (Å²) in [6.45, 7) is 2.34. The van der Waals surface area contributed by atoms with Gasteiger partial charge in [-0.05, 0) is 19.4 Å². The number of aryl methyl sites for hydroxylation is 1. The first kappa shape index (κ1) is 19.8. The van der Waals surface area contributed by atoms with Crippen molar-refractivity contribution >= 4 is 62.6 Å². The van der Waals surface area contributed by atoms with Gasteiger partial charge in [0, 0.05) is 30.1 Å². The summed E-state index contributed by atoms with van der Waals surface area (Å²) in [5.41, 5.74) is 3.79. The number of thiazole rings is 1. The Kier molecular flexibility index (Phi) is 5.53. The van der Waals surface area contributed by atoms with Crippen LogP contribution in [-0.2, 0) is 9.59 Å². The van der Waals surface area contributed by atoms with Crippen LogP contribution < -0.4 is 0 Å². The van der Waals surface area contributed by atoms with Gasteiger partial charge in [0.25, 0.3) is 5.91 Å². The summed E-state index contributed by atoms with van der Waals surface area (Å²) < 4.78 is 2.42. The molecule has 1 saturated heterocycles. The van der Waals surface area contributed by atoms with Crippen molar-refractivity contribution in [2.24, 2.45) is 0 Å². The van der Waals surface area contributed by atoms with E-state index in [1.165, 1.54) is 33.6 Å². The van der Waals surface area contributed by atoms with Gasteiger partial charge in [-0.3, -0.25) is 18.9 Å². The smallest absolute Gasteiger partial charge is 0.303 e. The Morgan fingerprint density at radius 1 is 1.31 bits per heavy atom. The number of aromatic nitrogens is 2. The molecule has 1 fully saturated rings. The summed E-state index contributed by atoms with van der Waals surface area (Å²) in [5, 5.41) is 10.8. The van der Waals surface area contributed by atoms with E-state index in [-0.39, 0.29) is 12.3 Å². The van der Waals surface area contributed by atoms with Crippen molar-refractivity contribution in [1.82, 2.24) is 14.3 Å². The monoisotopic (exact) mass is 443 g/mol. The lowest BCUT2D eigenvalue weighted by molar-refractivity contribution is -0.137. The quantitative estimate of drug-likeness (QED) is 0.449. The van der Waals surface area contributed by atoms with Crippen molar-refractivity contribution in [3.8, 4) is 11.3 Å². The number of nitrogens with zero attached hydrogens (tertiary/aromatic N) is 3. The van der Waals surface area contributed by atoms with Gasteiger partial charge in [0.15, 0.2) is 4.96 Å². The molecule has 0 spiro atoms.